The molecule has 2 rings (SSSR count). The quantitative estimate of drug-likeness (QED) is 0.540. The number of thioether (sulfide) groups is 1. The van der Waals surface area contributed by atoms with Crippen molar-refractivity contribution in [3.63, 3.8) is 0 Å². The maximum Gasteiger partial charge on any atom is 0.0992 e. The summed E-state index contributed by atoms with van der Waals surface area (Å²) in [5, 5.41) is 8.55. The Labute approximate surface area is 106 Å². The summed E-state index contributed by atoms with van der Waals surface area (Å²) in [6.07, 6.45) is 2.04. The molecule has 0 aliphatic carbocycles. The molecule has 0 unspecified atom stereocenters. The predicted octanol–water partition coefficient (Wildman–Crippen LogP) is 5.13. The normalized spacial score (nSPS) is 10.9. The second-order valence-corrected chi connectivity index (χ2v) is 4.56. The van der Waals surface area contributed by atoms with E-state index < -0.39 is 0 Å². The van der Waals surface area contributed by atoms with Crippen molar-refractivity contribution in [1.29, 1.82) is 0 Å². The van der Waals surface area contributed by atoms with Gasteiger partial charge in [-0.2, -0.15) is 5.11 Å². The largest absolute Gasteiger partial charge is 0.151 e. The molecule has 0 aliphatic rings. The molecule has 0 spiro atoms. The number of nitrogens with zero attached hydrogens (tertiary/aromatic N) is 2. The lowest BCUT2D eigenvalue weighted by Crippen LogP contribution is -1.71. The summed E-state index contributed by atoms with van der Waals surface area (Å²) >= 11 is 1.68. The number of hydrogen-bond acceptors (Lipinski definition) is 3. The van der Waals surface area contributed by atoms with E-state index in [0.717, 1.165) is 16.3 Å². The molecule has 2 nitrogen and oxygen atoms in total. The van der Waals surface area contributed by atoms with Crippen LogP contribution in [0.15, 0.2) is 63.7 Å². The van der Waals surface area contributed by atoms with Crippen LogP contribution in [0.25, 0.3) is 0 Å². The zero-order valence-corrected chi connectivity index (χ0v) is 10.7. The van der Waals surface area contributed by atoms with Crippen LogP contribution in [0.2, 0.25) is 0 Å². The van der Waals surface area contributed by atoms with Gasteiger partial charge in [0.05, 0.1) is 11.4 Å². The Morgan fingerprint density at radius 3 is 2.53 bits per heavy atom. The second-order valence-electron chi connectivity index (χ2n) is 3.71. The van der Waals surface area contributed by atoms with Gasteiger partial charge in [-0.3, -0.25) is 0 Å². The fraction of sp³-hybridized carbons (Fsp3) is 0.143. The summed E-state index contributed by atoms with van der Waals surface area (Å²) in [6, 6.07) is 16.0. The molecule has 2 aromatic rings. The molecule has 17 heavy (non-hydrogen) atoms. The first kappa shape index (κ1) is 11.9. The van der Waals surface area contributed by atoms with Gasteiger partial charge in [-0.15, -0.1) is 16.9 Å². The maximum absolute atomic E-state index is 4.29. The first-order valence-corrected chi connectivity index (χ1v) is 6.63. The van der Waals surface area contributed by atoms with E-state index in [-0.39, 0.29) is 0 Å². The van der Waals surface area contributed by atoms with Crippen molar-refractivity contribution >= 4 is 23.1 Å². The van der Waals surface area contributed by atoms with E-state index in [4.69, 9.17) is 0 Å². The van der Waals surface area contributed by atoms with Crippen LogP contribution in [0.1, 0.15) is 5.56 Å². The number of aryl methyl sites for hydroxylation is 1. The van der Waals surface area contributed by atoms with E-state index in [2.05, 4.69) is 29.3 Å². The Balaban J connectivity index is 2.26. The van der Waals surface area contributed by atoms with Crippen LogP contribution in [0, 0.1) is 6.92 Å². The highest BCUT2D eigenvalue weighted by Crippen LogP contribution is 2.28. The lowest BCUT2D eigenvalue weighted by molar-refractivity contribution is 1.19. The van der Waals surface area contributed by atoms with Crippen LogP contribution in [0.3, 0.4) is 0 Å². The number of hydrogen-bond donors (Lipinski definition) is 0. The monoisotopic (exact) mass is 242 g/mol. The maximum atomic E-state index is 4.29. The van der Waals surface area contributed by atoms with E-state index in [1.165, 1.54) is 5.56 Å². The molecule has 0 amide bonds. The molecular weight excluding hydrogens is 228 g/mol. The molecule has 0 radical (unpaired) electrons. The standard InChI is InChI=1S/C14H14N2S/c1-11-6-5-7-12(10-11)15-16-13-8-3-4-9-14(13)17-2/h3-10H,1-2H3. The SMILES string of the molecule is CSc1ccccc1N=Nc1cccc(C)c1. The van der Waals surface area contributed by atoms with Gasteiger partial charge in [0.1, 0.15) is 0 Å². The summed E-state index contributed by atoms with van der Waals surface area (Å²) in [5.41, 5.74) is 3.00. The molecule has 0 atom stereocenters. The Bertz CT molecular complexity index is 535. The summed E-state index contributed by atoms with van der Waals surface area (Å²) in [4.78, 5) is 1.14. The van der Waals surface area contributed by atoms with Gasteiger partial charge in [0, 0.05) is 4.90 Å². The third kappa shape index (κ3) is 3.17. The van der Waals surface area contributed by atoms with Crippen molar-refractivity contribution in [2.75, 3.05) is 6.26 Å². The average molecular weight is 242 g/mol. The van der Waals surface area contributed by atoms with Gasteiger partial charge >= 0.3 is 0 Å². The van der Waals surface area contributed by atoms with E-state index in [1.54, 1.807) is 11.8 Å². The number of azo groups is 1. The van der Waals surface area contributed by atoms with Crippen LogP contribution >= 0.6 is 11.8 Å². The lowest BCUT2D eigenvalue weighted by Gasteiger charge is -2.00. The molecule has 0 aliphatic heterocycles. The van der Waals surface area contributed by atoms with Gasteiger partial charge in [0.15, 0.2) is 0 Å². The zero-order chi connectivity index (χ0) is 12.1. The van der Waals surface area contributed by atoms with Crippen molar-refractivity contribution in [3.8, 4) is 0 Å². The van der Waals surface area contributed by atoms with Crippen molar-refractivity contribution in [2.45, 2.75) is 11.8 Å². The molecule has 86 valence electrons. The molecule has 0 N–H and O–H groups in total. The van der Waals surface area contributed by atoms with Gasteiger partial charge in [-0.25, -0.2) is 0 Å². The Morgan fingerprint density at radius 1 is 0.941 bits per heavy atom. The summed E-state index contributed by atoms with van der Waals surface area (Å²) in [5.74, 6) is 0. The first-order chi connectivity index (χ1) is 8.29. The van der Waals surface area contributed by atoms with E-state index >= 15 is 0 Å². The summed E-state index contributed by atoms with van der Waals surface area (Å²) in [7, 11) is 0. The number of benzene rings is 2. The van der Waals surface area contributed by atoms with Gasteiger partial charge in [0.25, 0.3) is 0 Å². The minimum absolute atomic E-state index is 0.890. The van der Waals surface area contributed by atoms with Crippen LogP contribution in [-0.4, -0.2) is 6.26 Å². The number of rotatable bonds is 3. The predicted molar refractivity (Wildman–Crippen MR) is 73.6 cm³/mol. The average Bonchev–Trinajstić information content (AvgIpc) is 2.37. The highest BCUT2D eigenvalue weighted by atomic mass is 32.2. The minimum atomic E-state index is 0.890. The van der Waals surface area contributed by atoms with Crippen molar-refractivity contribution in [2.24, 2.45) is 10.2 Å². The molecule has 3 heteroatoms. The Morgan fingerprint density at radius 2 is 1.76 bits per heavy atom. The van der Waals surface area contributed by atoms with Gasteiger partial charge in [-0.05, 0) is 43.0 Å². The van der Waals surface area contributed by atoms with Crippen molar-refractivity contribution in [1.82, 2.24) is 0 Å². The third-order valence-electron chi connectivity index (χ3n) is 2.36. The summed E-state index contributed by atoms with van der Waals surface area (Å²) < 4.78 is 0. The minimum Gasteiger partial charge on any atom is -0.151 e. The van der Waals surface area contributed by atoms with Gasteiger partial charge in [-0.1, -0.05) is 24.3 Å². The smallest absolute Gasteiger partial charge is 0.0992 e. The first-order valence-electron chi connectivity index (χ1n) is 5.41. The molecule has 0 fully saturated rings. The highest BCUT2D eigenvalue weighted by Gasteiger charge is 1.98. The van der Waals surface area contributed by atoms with Gasteiger partial charge < -0.3 is 0 Å². The highest BCUT2D eigenvalue weighted by molar-refractivity contribution is 7.98. The van der Waals surface area contributed by atoms with Crippen molar-refractivity contribution < 1.29 is 0 Å². The van der Waals surface area contributed by atoms with Gasteiger partial charge in [0.2, 0.25) is 0 Å². The second kappa shape index (κ2) is 5.64. The molecule has 2 aromatic carbocycles. The van der Waals surface area contributed by atoms with Crippen LogP contribution < -0.4 is 0 Å². The molecule has 0 saturated carbocycles. The van der Waals surface area contributed by atoms with E-state index in [1.807, 2.05) is 42.7 Å². The lowest BCUT2D eigenvalue weighted by atomic mass is 10.2. The fourth-order valence-electron chi connectivity index (χ4n) is 1.51. The summed E-state index contributed by atoms with van der Waals surface area (Å²) in [6.45, 7) is 2.05. The van der Waals surface area contributed by atoms with Crippen LogP contribution in [0.4, 0.5) is 11.4 Å². The Kier molecular flexibility index (Phi) is 3.94. The third-order valence-corrected chi connectivity index (χ3v) is 3.15. The van der Waals surface area contributed by atoms with Crippen molar-refractivity contribution in [3.05, 3.63) is 54.1 Å². The van der Waals surface area contributed by atoms with Crippen LogP contribution in [0.5, 0.6) is 0 Å². The molecule has 0 bridgehead atoms. The molecule has 0 aromatic heterocycles. The van der Waals surface area contributed by atoms with E-state index in [0.29, 0.717) is 0 Å². The zero-order valence-electron chi connectivity index (χ0n) is 9.92. The topological polar surface area (TPSA) is 24.7 Å². The fourth-order valence-corrected chi connectivity index (χ4v) is 2.05. The molecule has 0 saturated heterocycles. The van der Waals surface area contributed by atoms with E-state index in [9.17, 15) is 0 Å². The Hall–Kier alpha value is -1.61. The van der Waals surface area contributed by atoms with Crippen LogP contribution in [-0.2, 0) is 0 Å². The molecular formula is C14H14N2S. The molecule has 0 heterocycles.